The van der Waals surface area contributed by atoms with Gasteiger partial charge in [0.1, 0.15) is 0 Å². The Morgan fingerprint density at radius 3 is 2.56 bits per heavy atom. The average Bonchev–Trinajstić information content (AvgIpc) is 2.28. The van der Waals surface area contributed by atoms with Crippen LogP contribution < -0.4 is 5.73 Å². The molecule has 2 unspecified atom stereocenters. The van der Waals surface area contributed by atoms with Gasteiger partial charge in [-0.2, -0.15) is 10.2 Å². The molecular formula is C13H23N3. The van der Waals surface area contributed by atoms with Gasteiger partial charge in [0.2, 0.25) is 0 Å². The molecule has 0 aliphatic heterocycles. The molecular weight excluding hydrogens is 198 g/mol. The van der Waals surface area contributed by atoms with Gasteiger partial charge in [-0.3, -0.25) is 0 Å². The van der Waals surface area contributed by atoms with E-state index in [1.54, 1.807) is 0 Å². The van der Waals surface area contributed by atoms with Gasteiger partial charge in [-0.15, -0.1) is 0 Å². The van der Waals surface area contributed by atoms with Crippen LogP contribution >= 0.6 is 0 Å². The summed E-state index contributed by atoms with van der Waals surface area (Å²) >= 11 is 0. The normalized spacial score (nSPS) is 14.8. The summed E-state index contributed by atoms with van der Waals surface area (Å²) in [6.45, 7) is 8.47. The minimum Gasteiger partial charge on any atom is -0.324 e. The molecule has 16 heavy (non-hydrogen) atoms. The Morgan fingerprint density at radius 1 is 1.31 bits per heavy atom. The van der Waals surface area contributed by atoms with Crippen molar-refractivity contribution >= 4 is 0 Å². The lowest BCUT2D eigenvalue weighted by atomic mass is 9.90. The molecule has 0 amide bonds. The van der Waals surface area contributed by atoms with E-state index in [-0.39, 0.29) is 6.04 Å². The summed E-state index contributed by atoms with van der Waals surface area (Å²) < 4.78 is 0. The highest BCUT2D eigenvalue weighted by Crippen LogP contribution is 2.25. The van der Waals surface area contributed by atoms with E-state index in [0.29, 0.717) is 5.92 Å². The van der Waals surface area contributed by atoms with Gasteiger partial charge in [0, 0.05) is 6.04 Å². The van der Waals surface area contributed by atoms with Crippen molar-refractivity contribution in [2.75, 3.05) is 0 Å². The van der Waals surface area contributed by atoms with Gasteiger partial charge in [0.05, 0.1) is 11.4 Å². The van der Waals surface area contributed by atoms with Crippen LogP contribution in [-0.4, -0.2) is 10.2 Å². The lowest BCUT2D eigenvalue weighted by molar-refractivity contribution is 0.429. The fraction of sp³-hybridized carbons (Fsp3) is 0.692. The topological polar surface area (TPSA) is 51.8 Å². The third-order valence-electron chi connectivity index (χ3n) is 3.08. The van der Waals surface area contributed by atoms with Crippen molar-refractivity contribution in [3.05, 3.63) is 23.0 Å². The van der Waals surface area contributed by atoms with Crippen molar-refractivity contribution in [2.45, 2.75) is 53.0 Å². The van der Waals surface area contributed by atoms with Crippen molar-refractivity contribution in [3.8, 4) is 0 Å². The Morgan fingerprint density at radius 2 is 2.00 bits per heavy atom. The highest BCUT2D eigenvalue weighted by atomic mass is 15.1. The van der Waals surface area contributed by atoms with Crippen molar-refractivity contribution in [1.29, 1.82) is 0 Å². The Labute approximate surface area is 98.5 Å². The second kappa shape index (κ2) is 5.94. The highest BCUT2D eigenvalue weighted by Gasteiger charge is 2.18. The van der Waals surface area contributed by atoms with Gasteiger partial charge < -0.3 is 5.73 Å². The van der Waals surface area contributed by atoms with E-state index in [4.69, 9.17) is 5.73 Å². The molecule has 1 rings (SSSR count). The average molecular weight is 221 g/mol. The van der Waals surface area contributed by atoms with Crippen LogP contribution in [0.25, 0.3) is 0 Å². The molecule has 0 saturated carbocycles. The summed E-state index contributed by atoms with van der Waals surface area (Å²) in [5, 5.41) is 8.32. The van der Waals surface area contributed by atoms with Crippen LogP contribution in [0.2, 0.25) is 0 Å². The monoisotopic (exact) mass is 221 g/mol. The molecule has 1 aromatic rings. The van der Waals surface area contributed by atoms with E-state index >= 15 is 0 Å². The fourth-order valence-corrected chi connectivity index (χ4v) is 2.04. The molecule has 90 valence electrons. The van der Waals surface area contributed by atoms with Gasteiger partial charge in [0.15, 0.2) is 0 Å². The third kappa shape index (κ3) is 3.01. The largest absolute Gasteiger partial charge is 0.324 e. The van der Waals surface area contributed by atoms with E-state index in [1.807, 2.05) is 6.92 Å². The molecule has 0 fully saturated rings. The number of hydrogen-bond donors (Lipinski definition) is 1. The number of hydrogen-bond acceptors (Lipinski definition) is 3. The summed E-state index contributed by atoms with van der Waals surface area (Å²) in [5.41, 5.74) is 9.47. The van der Waals surface area contributed by atoms with Crippen molar-refractivity contribution in [3.63, 3.8) is 0 Å². The minimum atomic E-state index is 0.0871. The van der Waals surface area contributed by atoms with Crippen LogP contribution in [0.4, 0.5) is 0 Å². The van der Waals surface area contributed by atoms with Gasteiger partial charge >= 0.3 is 0 Å². The molecule has 0 spiro atoms. The van der Waals surface area contributed by atoms with Gasteiger partial charge in [-0.1, -0.05) is 27.2 Å². The molecule has 2 N–H and O–H groups in total. The Bertz CT molecular complexity index is 336. The summed E-state index contributed by atoms with van der Waals surface area (Å²) in [7, 11) is 0. The number of rotatable bonds is 5. The molecule has 0 bridgehead atoms. The fourth-order valence-electron chi connectivity index (χ4n) is 2.04. The first-order chi connectivity index (χ1) is 7.60. The molecule has 1 aromatic heterocycles. The zero-order valence-electron chi connectivity index (χ0n) is 10.8. The van der Waals surface area contributed by atoms with Crippen LogP contribution in [0, 0.1) is 12.8 Å². The van der Waals surface area contributed by atoms with E-state index in [0.717, 1.165) is 24.2 Å². The van der Waals surface area contributed by atoms with E-state index < -0.39 is 0 Å². The molecule has 0 aliphatic rings. The molecule has 3 nitrogen and oxygen atoms in total. The van der Waals surface area contributed by atoms with Gasteiger partial charge in [-0.25, -0.2) is 0 Å². The number of aromatic nitrogens is 2. The maximum atomic E-state index is 6.30. The number of nitrogens with zero attached hydrogens (tertiary/aromatic N) is 2. The zero-order valence-corrected chi connectivity index (χ0v) is 10.8. The summed E-state index contributed by atoms with van der Waals surface area (Å²) in [6.07, 6.45) is 3.23. The van der Waals surface area contributed by atoms with Crippen LogP contribution in [0.15, 0.2) is 6.07 Å². The smallest absolute Gasteiger partial charge is 0.0676 e. The Balaban J connectivity index is 2.96. The lowest BCUT2D eigenvalue weighted by Crippen LogP contribution is -2.21. The molecule has 0 radical (unpaired) electrons. The molecule has 0 aromatic carbocycles. The maximum absolute atomic E-state index is 6.30. The standard InChI is InChI=1S/C13H23N3/c1-5-7-9(3)13(14)11-8-10(4)15-16-12(11)6-2/h8-9,13H,5-7,14H2,1-4H3. The molecule has 0 saturated heterocycles. The Kier molecular flexibility index (Phi) is 4.87. The minimum absolute atomic E-state index is 0.0871. The highest BCUT2D eigenvalue weighted by molar-refractivity contribution is 5.25. The second-order valence-corrected chi connectivity index (χ2v) is 4.53. The van der Waals surface area contributed by atoms with E-state index in [1.165, 1.54) is 12.0 Å². The third-order valence-corrected chi connectivity index (χ3v) is 3.08. The van der Waals surface area contributed by atoms with Crippen LogP contribution in [0.3, 0.4) is 0 Å². The zero-order chi connectivity index (χ0) is 12.1. The van der Waals surface area contributed by atoms with Gasteiger partial charge in [0.25, 0.3) is 0 Å². The molecule has 3 heteroatoms. The van der Waals surface area contributed by atoms with Crippen LogP contribution in [0.5, 0.6) is 0 Å². The first-order valence-corrected chi connectivity index (χ1v) is 6.18. The van der Waals surface area contributed by atoms with Crippen molar-refractivity contribution < 1.29 is 0 Å². The van der Waals surface area contributed by atoms with Crippen molar-refractivity contribution in [1.82, 2.24) is 10.2 Å². The summed E-state index contributed by atoms with van der Waals surface area (Å²) in [5.74, 6) is 0.499. The van der Waals surface area contributed by atoms with Crippen LogP contribution in [-0.2, 0) is 6.42 Å². The maximum Gasteiger partial charge on any atom is 0.0676 e. The first-order valence-electron chi connectivity index (χ1n) is 6.18. The summed E-state index contributed by atoms with van der Waals surface area (Å²) in [4.78, 5) is 0. The lowest BCUT2D eigenvalue weighted by Gasteiger charge is -2.21. The predicted octanol–water partition coefficient (Wildman–Crippen LogP) is 2.78. The second-order valence-electron chi connectivity index (χ2n) is 4.53. The van der Waals surface area contributed by atoms with Crippen LogP contribution in [0.1, 0.15) is 56.6 Å². The van der Waals surface area contributed by atoms with Gasteiger partial charge in [-0.05, 0) is 37.3 Å². The molecule has 2 atom stereocenters. The quantitative estimate of drug-likeness (QED) is 0.831. The number of aryl methyl sites for hydroxylation is 2. The summed E-state index contributed by atoms with van der Waals surface area (Å²) in [6, 6.07) is 2.17. The van der Waals surface area contributed by atoms with E-state index in [2.05, 4.69) is 37.0 Å². The first kappa shape index (κ1) is 13.1. The SMILES string of the molecule is CCCC(C)C(N)c1cc(C)nnc1CC. The number of nitrogens with two attached hydrogens (primary N) is 1. The van der Waals surface area contributed by atoms with E-state index in [9.17, 15) is 0 Å². The molecule has 1 heterocycles. The van der Waals surface area contributed by atoms with Crippen molar-refractivity contribution in [2.24, 2.45) is 11.7 Å². The predicted molar refractivity (Wildman–Crippen MR) is 67.1 cm³/mol. The molecule has 0 aliphatic carbocycles. The Hall–Kier alpha value is -0.960.